The fourth-order valence-corrected chi connectivity index (χ4v) is 5.07. The summed E-state index contributed by atoms with van der Waals surface area (Å²) in [5, 5.41) is 4.21. The number of benzene rings is 2. The highest BCUT2D eigenvalue weighted by Gasteiger charge is 2.58. The van der Waals surface area contributed by atoms with Crippen molar-refractivity contribution < 1.29 is 13.9 Å². The number of hydrogen-bond acceptors (Lipinski definition) is 4. The molecule has 1 heterocycles. The van der Waals surface area contributed by atoms with Crippen molar-refractivity contribution in [2.45, 2.75) is 77.1 Å². The minimum absolute atomic E-state index is 0.146. The van der Waals surface area contributed by atoms with Crippen molar-refractivity contribution in [1.82, 2.24) is 5.32 Å². The highest BCUT2D eigenvalue weighted by molar-refractivity contribution is 6.30. The van der Waals surface area contributed by atoms with E-state index in [1.165, 1.54) is 6.07 Å². The van der Waals surface area contributed by atoms with Crippen LogP contribution in [0.25, 0.3) is 0 Å². The lowest BCUT2D eigenvalue weighted by molar-refractivity contribution is -0.157. The minimum atomic E-state index is -1.27. The van der Waals surface area contributed by atoms with Gasteiger partial charge in [-0.05, 0) is 62.4 Å². The number of rotatable bonds is 4. The third-order valence-corrected chi connectivity index (χ3v) is 6.36. The van der Waals surface area contributed by atoms with Gasteiger partial charge in [-0.1, -0.05) is 62.2 Å². The number of carbonyl (C=O) groups excluding carboxylic acids is 1. The third kappa shape index (κ3) is 5.71. The molecule has 3 N–H and O–H groups in total. The van der Waals surface area contributed by atoms with Crippen molar-refractivity contribution in [2.24, 2.45) is 11.1 Å². The van der Waals surface area contributed by atoms with Crippen LogP contribution in [0.5, 0.6) is 0 Å². The van der Waals surface area contributed by atoms with E-state index >= 15 is 4.39 Å². The second-order valence-corrected chi connectivity index (χ2v) is 12.0. The van der Waals surface area contributed by atoms with Gasteiger partial charge in [0.15, 0.2) is 0 Å². The Balaban J connectivity index is 2.25. The summed E-state index contributed by atoms with van der Waals surface area (Å²) in [7, 11) is 0. The number of nitrogens with two attached hydrogens (primary N) is 1. The second kappa shape index (κ2) is 9.18. The van der Waals surface area contributed by atoms with E-state index in [0.29, 0.717) is 17.0 Å². The number of halogens is 3. The fraction of sp³-hybridized carbons (Fsp3) is 0.500. The quantitative estimate of drug-likeness (QED) is 0.497. The van der Waals surface area contributed by atoms with Crippen LogP contribution in [0.2, 0.25) is 10.0 Å². The predicted octanol–water partition coefficient (Wildman–Crippen LogP) is 6.19. The zero-order valence-corrected chi connectivity index (χ0v) is 21.5. The number of esters is 1. The van der Waals surface area contributed by atoms with E-state index in [9.17, 15) is 4.79 Å². The third-order valence-electron chi connectivity index (χ3n) is 5.89. The van der Waals surface area contributed by atoms with Crippen LogP contribution in [-0.4, -0.2) is 23.7 Å². The Morgan fingerprint density at radius 3 is 2.27 bits per heavy atom. The van der Waals surface area contributed by atoms with Crippen LogP contribution in [0.15, 0.2) is 42.5 Å². The molecule has 4 atom stereocenters. The van der Waals surface area contributed by atoms with Crippen LogP contribution in [-0.2, 0) is 15.1 Å². The first-order valence-corrected chi connectivity index (χ1v) is 11.9. The van der Waals surface area contributed by atoms with Crippen LogP contribution in [0.3, 0.4) is 0 Å². The molecule has 0 spiro atoms. The molecule has 180 valence electrons. The molecule has 3 rings (SSSR count). The van der Waals surface area contributed by atoms with Crippen LogP contribution in [0.4, 0.5) is 4.39 Å². The summed E-state index contributed by atoms with van der Waals surface area (Å²) in [6, 6.07) is 10.5. The second-order valence-electron chi connectivity index (χ2n) is 11.1. The molecule has 1 saturated heterocycles. The van der Waals surface area contributed by atoms with Gasteiger partial charge in [0.1, 0.15) is 17.5 Å². The molecule has 0 radical (unpaired) electrons. The van der Waals surface area contributed by atoms with Gasteiger partial charge in [-0.25, -0.2) is 4.39 Å². The molecule has 4 unspecified atom stereocenters. The molecule has 0 saturated carbocycles. The molecule has 0 aliphatic carbocycles. The van der Waals surface area contributed by atoms with Gasteiger partial charge in [0.2, 0.25) is 0 Å². The first-order valence-electron chi connectivity index (χ1n) is 11.1. The molecule has 4 nitrogen and oxygen atoms in total. The maximum Gasteiger partial charge on any atom is 0.324 e. The Morgan fingerprint density at radius 1 is 1.09 bits per heavy atom. The maximum atomic E-state index is 15.4. The lowest BCUT2D eigenvalue weighted by atomic mass is 9.68. The Hall–Kier alpha value is -1.66. The van der Waals surface area contributed by atoms with Gasteiger partial charge in [-0.3, -0.25) is 10.1 Å². The molecular weight excluding hydrogens is 462 g/mol. The first-order chi connectivity index (χ1) is 15.1. The summed E-state index contributed by atoms with van der Waals surface area (Å²) < 4.78 is 21.1. The van der Waals surface area contributed by atoms with Crippen LogP contribution >= 0.6 is 23.2 Å². The summed E-state index contributed by atoms with van der Waals surface area (Å²) in [5.41, 5.74) is 6.13. The maximum absolute atomic E-state index is 15.4. The Bertz CT molecular complexity index is 1030. The smallest absolute Gasteiger partial charge is 0.324 e. The number of ether oxygens (including phenoxy) is 1. The van der Waals surface area contributed by atoms with E-state index in [2.05, 4.69) is 26.1 Å². The molecule has 1 aliphatic rings. The highest BCUT2D eigenvalue weighted by Crippen LogP contribution is 2.49. The summed E-state index contributed by atoms with van der Waals surface area (Å²) in [4.78, 5) is 13.4. The van der Waals surface area contributed by atoms with Crippen molar-refractivity contribution >= 4 is 29.2 Å². The van der Waals surface area contributed by atoms with E-state index in [0.717, 1.165) is 5.56 Å². The monoisotopic (exact) mass is 494 g/mol. The number of hydrogen-bond donors (Lipinski definition) is 2. The Kier molecular flexibility index (Phi) is 7.22. The molecule has 1 aliphatic heterocycles. The Morgan fingerprint density at radius 2 is 1.73 bits per heavy atom. The van der Waals surface area contributed by atoms with Gasteiger partial charge in [0, 0.05) is 27.6 Å². The standard InChI is InChI=1S/C26H33Cl2FN2O2/c1-24(2,3)14-20-26(30,18-11-10-17(28)13-19(18)29)21(15-8-7-9-16(27)12-15)22(31-20)23(32)33-25(4,5)6/h7-13,20-22,31H,14,30H2,1-6H3. The average Bonchev–Trinajstić information content (AvgIpc) is 2.92. The van der Waals surface area contributed by atoms with Gasteiger partial charge in [-0.15, -0.1) is 0 Å². The van der Waals surface area contributed by atoms with Crippen LogP contribution < -0.4 is 11.1 Å². The summed E-state index contributed by atoms with van der Waals surface area (Å²) in [6.45, 7) is 11.7. The molecule has 2 aromatic rings. The molecule has 0 aromatic heterocycles. The van der Waals surface area contributed by atoms with Crippen molar-refractivity contribution in [2.75, 3.05) is 0 Å². The molecule has 2 aromatic carbocycles. The lowest BCUT2D eigenvalue weighted by Gasteiger charge is -2.40. The SMILES string of the molecule is CC(C)(C)CC1NC(C(=O)OC(C)(C)C)C(c2cccc(Cl)c2)C1(N)c1ccc(Cl)cc1F. The van der Waals surface area contributed by atoms with Crippen molar-refractivity contribution in [3.05, 3.63) is 69.5 Å². The van der Waals surface area contributed by atoms with Gasteiger partial charge in [0.25, 0.3) is 0 Å². The van der Waals surface area contributed by atoms with E-state index in [4.69, 9.17) is 33.7 Å². The Labute approximate surface area is 206 Å². The van der Waals surface area contributed by atoms with E-state index < -0.39 is 40.9 Å². The van der Waals surface area contributed by atoms with E-state index in [1.807, 2.05) is 26.8 Å². The van der Waals surface area contributed by atoms with E-state index in [-0.39, 0.29) is 10.4 Å². The van der Waals surface area contributed by atoms with Crippen molar-refractivity contribution in [1.29, 1.82) is 0 Å². The average molecular weight is 495 g/mol. The molecule has 0 bridgehead atoms. The zero-order chi connectivity index (χ0) is 24.8. The molecule has 7 heteroatoms. The van der Waals surface area contributed by atoms with Crippen LogP contribution in [0, 0.1) is 11.2 Å². The van der Waals surface area contributed by atoms with Crippen molar-refractivity contribution in [3.8, 4) is 0 Å². The molecular formula is C26H33Cl2FN2O2. The first kappa shape index (κ1) is 26.0. The molecule has 0 amide bonds. The largest absolute Gasteiger partial charge is 0.459 e. The molecule has 1 fully saturated rings. The summed E-state index contributed by atoms with van der Waals surface area (Å²) in [6.07, 6.45) is 0.599. The normalized spacial score (nSPS) is 25.8. The lowest BCUT2D eigenvalue weighted by Crippen LogP contribution is -2.52. The van der Waals surface area contributed by atoms with Crippen molar-refractivity contribution in [3.63, 3.8) is 0 Å². The van der Waals surface area contributed by atoms with E-state index in [1.54, 1.807) is 30.3 Å². The summed E-state index contributed by atoms with van der Waals surface area (Å²) in [5.74, 6) is -1.58. The fourth-order valence-electron chi connectivity index (χ4n) is 4.72. The zero-order valence-electron chi connectivity index (χ0n) is 20.0. The van der Waals surface area contributed by atoms with Crippen LogP contribution in [0.1, 0.15) is 65.0 Å². The summed E-state index contributed by atoms with van der Waals surface area (Å²) >= 11 is 12.4. The predicted molar refractivity (Wildman–Crippen MR) is 132 cm³/mol. The van der Waals surface area contributed by atoms with Gasteiger partial charge >= 0.3 is 5.97 Å². The van der Waals surface area contributed by atoms with Gasteiger partial charge < -0.3 is 10.5 Å². The highest BCUT2D eigenvalue weighted by atomic mass is 35.5. The number of nitrogens with one attached hydrogen (secondary N) is 1. The topological polar surface area (TPSA) is 64.3 Å². The minimum Gasteiger partial charge on any atom is -0.459 e. The van der Waals surface area contributed by atoms with Gasteiger partial charge in [-0.2, -0.15) is 0 Å². The van der Waals surface area contributed by atoms with Gasteiger partial charge in [0.05, 0.1) is 5.54 Å². The number of carbonyl (C=O) groups is 1. The molecule has 33 heavy (non-hydrogen) atoms.